The molecule has 0 aliphatic heterocycles. The average molecular weight is 241 g/mol. The summed E-state index contributed by atoms with van der Waals surface area (Å²) in [5.41, 5.74) is 1.26. The molecule has 1 aromatic carbocycles. The number of Topliss-reactive ketones (excluding diaryl/α,β-unsaturated/α-hetero) is 1. The third kappa shape index (κ3) is 3.86. The Labute approximate surface area is 102 Å². The maximum Gasteiger partial charge on any atom is 0.184 e. The number of rotatable bonds is 4. The highest BCUT2D eigenvalue weighted by Crippen LogP contribution is 2.25. The summed E-state index contributed by atoms with van der Waals surface area (Å²) in [5.74, 6) is 0.604. The Kier molecular flexibility index (Phi) is 4.36. The van der Waals surface area contributed by atoms with E-state index in [1.807, 2.05) is 18.2 Å². The number of carbonyl (C=O) groups is 1. The van der Waals surface area contributed by atoms with Crippen LogP contribution in [0.2, 0.25) is 0 Å². The van der Waals surface area contributed by atoms with Gasteiger partial charge in [-0.25, -0.2) is 0 Å². The number of carbonyl (C=O) groups excluding carboxylic acids is 1. The molecule has 0 saturated heterocycles. The zero-order valence-electron chi connectivity index (χ0n) is 9.92. The van der Waals surface area contributed by atoms with Gasteiger partial charge < -0.3 is 4.74 Å². The Balaban J connectivity index is 2.72. The quantitative estimate of drug-likeness (QED) is 0.756. The van der Waals surface area contributed by atoms with Gasteiger partial charge in [0, 0.05) is 0 Å². The van der Waals surface area contributed by atoms with Gasteiger partial charge in [0.25, 0.3) is 0 Å². The van der Waals surface area contributed by atoms with Gasteiger partial charge in [-0.2, -0.15) is 0 Å². The minimum Gasteiger partial charge on any atom is -0.486 e. The predicted octanol–water partition coefficient (Wildman–Crippen LogP) is 3.17. The van der Waals surface area contributed by atoms with Crippen LogP contribution in [0.25, 0.3) is 0 Å². The van der Waals surface area contributed by atoms with E-state index >= 15 is 0 Å². The molecule has 3 heteroatoms. The first-order valence-electron chi connectivity index (χ1n) is 5.24. The summed E-state index contributed by atoms with van der Waals surface area (Å²) in [4.78, 5) is 11.0. The van der Waals surface area contributed by atoms with Crippen molar-refractivity contribution in [1.82, 2.24) is 0 Å². The van der Waals surface area contributed by atoms with Gasteiger partial charge in [-0.3, -0.25) is 4.79 Å². The first-order chi connectivity index (χ1) is 7.43. The largest absolute Gasteiger partial charge is 0.486 e. The number of ether oxygens (including phenoxy) is 1. The van der Waals surface area contributed by atoms with E-state index in [1.165, 1.54) is 5.56 Å². The molecule has 0 bridgehead atoms. The van der Waals surface area contributed by atoms with Crippen LogP contribution < -0.4 is 4.74 Å². The van der Waals surface area contributed by atoms with Crippen LogP contribution in [0.1, 0.15) is 26.3 Å². The Morgan fingerprint density at radius 3 is 2.62 bits per heavy atom. The third-order valence-electron chi connectivity index (χ3n) is 2.25. The summed E-state index contributed by atoms with van der Waals surface area (Å²) < 4.78 is 5.36. The van der Waals surface area contributed by atoms with Crippen LogP contribution in [0, 0.1) is 0 Å². The second-order valence-electron chi connectivity index (χ2n) is 4.74. The number of halogens is 1. The molecule has 16 heavy (non-hydrogen) atoms. The topological polar surface area (TPSA) is 26.3 Å². The van der Waals surface area contributed by atoms with Gasteiger partial charge in [-0.05, 0) is 23.1 Å². The van der Waals surface area contributed by atoms with Crippen LogP contribution in [0.3, 0.4) is 0 Å². The average Bonchev–Trinajstić information content (AvgIpc) is 2.25. The maximum absolute atomic E-state index is 11.0. The van der Waals surface area contributed by atoms with E-state index in [9.17, 15) is 4.79 Å². The van der Waals surface area contributed by atoms with E-state index < -0.39 is 0 Å². The molecule has 1 aromatic rings. The molecule has 0 radical (unpaired) electrons. The molecule has 0 saturated carbocycles. The lowest BCUT2D eigenvalue weighted by atomic mass is 9.87. The van der Waals surface area contributed by atoms with E-state index in [2.05, 4.69) is 26.8 Å². The fourth-order valence-corrected chi connectivity index (χ4v) is 1.33. The molecule has 0 aromatic heterocycles. The van der Waals surface area contributed by atoms with Gasteiger partial charge in [-0.1, -0.05) is 32.9 Å². The van der Waals surface area contributed by atoms with Gasteiger partial charge in [0.2, 0.25) is 0 Å². The summed E-state index contributed by atoms with van der Waals surface area (Å²) in [5, 5.41) is 0. The molecule has 0 aliphatic rings. The van der Waals surface area contributed by atoms with Crippen molar-refractivity contribution in [2.75, 3.05) is 12.5 Å². The molecule has 2 nitrogen and oxygen atoms in total. The van der Waals surface area contributed by atoms with Crippen LogP contribution in [-0.4, -0.2) is 18.3 Å². The zero-order valence-corrected chi connectivity index (χ0v) is 10.7. The number of hydrogen-bond donors (Lipinski definition) is 0. The SMILES string of the molecule is CC(C)(C)c1cccc(OCC(=O)CCl)c1. The van der Waals surface area contributed by atoms with Crippen LogP contribution in [-0.2, 0) is 10.2 Å². The third-order valence-corrected chi connectivity index (χ3v) is 2.55. The van der Waals surface area contributed by atoms with Crippen molar-refractivity contribution in [3.8, 4) is 5.75 Å². The standard InChI is InChI=1S/C13H17ClO2/c1-13(2,3)10-5-4-6-12(7-10)16-9-11(15)8-14/h4-7H,8-9H2,1-3H3. The molecular weight excluding hydrogens is 224 g/mol. The lowest BCUT2D eigenvalue weighted by Crippen LogP contribution is -2.14. The molecule has 88 valence electrons. The van der Waals surface area contributed by atoms with Crippen molar-refractivity contribution in [3.05, 3.63) is 29.8 Å². The van der Waals surface area contributed by atoms with E-state index in [-0.39, 0.29) is 23.7 Å². The smallest absolute Gasteiger partial charge is 0.184 e. The Morgan fingerprint density at radius 2 is 2.06 bits per heavy atom. The first kappa shape index (κ1) is 13.0. The van der Waals surface area contributed by atoms with Crippen LogP contribution in [0.15, 0.2) is 24.3 Å². The van der Waals surface area contributed by atoms with Crippen LogP contribution in [0.5, 0.6) is 5.75 Å². The number of alkyl halides is 1. The highest BCUT2D eigenvalue weighted by atomic mass is 35.5. The molecule has 0 amide bonds. The van der Waals surface area contributed by atoms with E-state index in [0.29, 0.717) is 5.75 Å². The van der Waals surface area contributed by atoms with Gasteiger partial charge in [0.05, 0.1) is 5.88 Å². The lowest BCUT2D eigenvalue weighted by Gasteiger charge is -2.19. The summed E-state index contributed by atoms with van der Waals surface area (Å²) in [6.45, 7) is 6.44. The van der Waals surface area contributed by atoms with Crippen molar-refractivity contribution in [3.63, 3.8) is 0 Å². The zero-order chi connectivity index (χ0) is 12.2. The molecule has 0 fully saturated rings. The van der Waals surface area contributed by atoms with E-state index in [1.54, 1.807) is 0 Å². The van der Waals surface area contributed by atoms with Crippen molar-refractivity contribution in [2.24, 2.45) is 0 Å². The Hall–Kier alpha value is -1.02. The summed E-state index contributed by atoms with van der Waals surface area (Å²) in [6, 6.07) is 7.79. The molecule has 0 N–H and O–H groups in total. The second kappa shape index (κ2) is 5.35. The molecular formula is C13H17ClO2. The van der Waals surface area contributed by atoms with Crippen LogP contribution >= 0.6 is 11.6 Å². The summed E-state index contributed by atoms with van der Waals surface area (Å²) in [7, 11) is 0. The summed E-state index contributed by atoms with van der Waals surface area (Å²) in [6.07, 6.45) is 0. The fraction of sp³-hybridized carbons (Fsp3) is 0.462. The van der Waals surface area contributed by atoms with Crippen molar-refractivity contribution >= 4 is 17.4 Å². The highest BCUT2D eigenvalue weighted by molar-refractivity contribution is 6.27. The molecule has 0 spiro atoms. The number of ketones is 1. The van der Waals surface area contributed by atoms with Crippen molar-refractivity contribution in [2.45, 2.75) is 26.2 Å². The molecule has 0 unspecified atom stereocenters. The van der Waals surface area contributed by atoms with E-state index in [4.69, 9.17) is 16.3 Å². The second-order valence-corrected chi connectivity index (χ2v) is 5.01. The number of benzene rings is 1. The number of hydrogen-bond acceptors (Lipinski definition) is 2. The fourth-order valence-electron chi connectivity index (χ4n) is 1.25. The van der Waals surface area contributed by atoms with Crippen molar-refractivity contribution < 1.29 is 9.53 Å². The van der Waals surface area contributed by atoms with Gasteiger partial charge in [0.1, 0.15) is 12.4 Å². The van der Waals surface area contributed by atoms with Gasteiger partial charge in [0.15, 0.2) is 5.78 Å². The molecule has 0 atom stereocenters. The van der Waals surface area contributed by atoms with Crippen LogP contribution in [0.4, 0.5) is 0 Å². The van der Waals surface area contributed by atoms with Crippen molar-refractivity contribution in [1.29, 1.82) is 0 Å². The lowest BCUT2D eigenvalue weighted by molar-refractivity contribution is -0.118. The first-order valence-corrected chi connectivity index (χ1v) is 5.78. The minimum absolute atomic E-state index is 0.00103. The Bertz CT molecular complexity index is 366. The molecule has 0 aliphatic carbocycles. The van der Waals surface area contributed by atoms with Gasteiger partial charge >= 0.3 is 0 Å². The predicted molar refractivity (Wildman–Crippen MR) is 66.4 cm³/mol. The summed E-state index contributed by atoms with van der Waals surface area (Å²) >= 11 is 5.39. The molecule has 0 heterocycles. The maximum atomic E-state index is 11.0. The normalized spacial score (nSPS) is 11.2. The Morgan fingerprint density at radius 1 is 1.38 bits per heavy atom. The van der Waals surface area contributed by atoms with E-state index in [0.717, 1.165) is 0 Å². The highest BCUT2D eigenvalue weighted by Gasteiger charge is 2.14. The minimum atomic E-state index is -0.108. The monoisotopic (exact) mass is 240 g/mol. The van der Waals surface area contributed by atoms with Gasteiger partial charge in [-0.15, -0.1) is 11.6 Å². The molecule has 1 rings (SSSR count).